The van der Waals surface area contributed by atoms with Gasteiger partial charge in [0, 0.05) is 0 Å². The smallest absolute Gasteiger partial charge is 0.278 e. The Morgan fingerprint density at radius 2 is 1.65 bits per heavy atom. The zero-order valence-electron chi connectivity index (χ0n) is 17.2. The summed E-state index contributed by atoms with van der Waals surface area (Å²) in [6.45, 7) is 1.98. The molecule has 5 nitrogen and oxygen atoms in total. The van der Waals surface area contributed by atoms with Gasteiger partial charge in [-0.15, -0.1) is 0 Å². The molecular formula is C25H21FN2O3. The van der Waals surface area contributed by atoms with Crippen molar-refractivity contribution in [2.45, 2.75) is 13.5 Å². The van der Waals surface area contributed by atoms with Crippen molar-refractivity contribution in [2.75, 3.05) is 12.4 Å². The lowest BCUT2D eigenvalue weighted by atomic mass is 10.0. The third-order valence-corrected chi connectivity index (χ3v) is 5.10. The lowest BCUT2D eigenvalue weighted by Gasteiger charge is -2.16. The third kappa shape index (κ3) is 4.05. The molecular weight excluding hydrogens is 395 g/mol. The van der Waals surface area contributed by atoms with E-state index in [1.54, 1.807) is 37.4 Å². The van der Waals surface area contributed by atoms with E-state index in [9.17, 15) is 14.0 Å². The van der Waals surface area contributed by atoms with E-state index in [1.165, 1.54) is 17.0 Å². The van der Waals surface area contributed by atoms with Crippen LogP contribution >= 0.6 is 0 Å². The zero-order valence-corrected chi connectivity index (χ0v) is 17.2. The number of rotatable bonds is 6. The van der Waals surface area contributed by atoms with Crippen LogP contribution in [0.15, 0.2) is 78.5 Å². The van der Waals surface area contributed by atoms with Gasteiger partial charge in [0.15, 0.2) is 0 Å². The highest BCUT2D eigenvalue weighted by molar-refractivity contribution is 6.36. The molecule has 1 N–H and O–H groups in total. The van der Waals surface area contributed by atoms with Crippen LogP contribution in [-0.4, -0.2) is 23.8 Å². The Labute approximate surface area is 179 Å². The maximum atomic E-state index is 13.3. The van der Waals surface area contributed by atoms with Gasteiger partial charge in [0.1, 0.15) is 17.3 Å². The number of anilines is 1. The van der Waals surface area contributed by atoms with E-state index in [4.69, 9.17) is 4.74 Å². The summed E-state index contributed by atoms with van der Waals surface area (Å²) in [5.74, 6) is -0.672. The molecule has 1 aliphatic heterocycles. The van der Waals surface area contributed by atoms with Gasteiger partial charge in [0.05, 0.1) is 24.9 Å². The molecule has 2 amide bonds. The van der Waals surface area contributed by atoms with Crippen molar-refractivity contribution in [1.82, 2.24) is 4.90 Å². The number of imide groups is 1. The van der Waals surface area contributed by atoms with E-state index in [0.717, 1.165) is 5.56 Å². The molecule has 0 aliphatic carbocycles. The number of carbonyl (C=O) groups is 2. The second kappa shape index (κ2) is 8.44. The van der Waals surface area contributed by atoms with Crippen LogP contribution in [0.1, 0.15) is 16.7 Å². The predicted molar refractivity (Wildman–Crippen MR) is 117 cm³/mol. The summed E-state index contributed by atoms with van der Waals surface area (Å²) in [6, 6.07) is 20.4. The van der Waals surface area contributed by atoms with Crippen molar-refractivity contribution >= 4 is 23.1 Å². The first-order valence-electron chi connectivity index (χ1n) is 9.80. The van der Waals surface area contributed by atoms with Crippen LogP contribution in [0, 0.1) is 12.7 Å². The first-order valence-corrected chi connectivity index (χ1v) is 9.80. The van der Waals surface area contributed by atoms with Gasteiger partial charge in [-0.1, -0.05) is 48.5 Å². The first-order chi connectivity index (χ1) is 15.0. The van der Waals surface area contributed by atoms with Crippen molar-refractivity contribution in [1.29, 1.82) is 0 Å². The molecule has 6 heteroatoms. The number of halogens is 1. The van der Waals surface area contributed by atoms with E-state index < -0.39 is 11.8 Å². The molecule has 1 heterocycles. The summed E-state index contributed by atoms with van der Waals surface area (Å²) in [7, 11) is 1.55. The number of aryl methyl sites for hydroxylation is 1. The molecule has 0 saturated carbocycles. The van der Waals surface area contributed by atoms with E-state index in [0.29, 0.717) is 22.6 Å². The molecule has 0 bridgehead atoms. The minimum absolute atomic E-state index is 0.0460. The van der Waals surface area contributed by atoms with E-state index >= 15 is 0 Å². The lowest BCUT2D eigenvalue weighted by molar-refractivity contribution is -0.137. The molecule has 0 aromatic heterocycles. The van der Waals surface area contributed by atoms with Gasteiger partial charge in [0.2, 0.25) is 0 Å². The summed E-state index contributed by atoms with van der Waals surface area (Å²) < 4.78 is 18.7. The lowest BCUT2D eigenvalue weighted by Crippen LogP contribution is -2.32. The van der Waals surface area contributed by atoms with Crippen LogP contribution in [0.5, 0.6) is 5.75 Å². The van der Waals surface area contributed by atoms with E-state index in [-0.39, 0.29) is 23.6 Å². The Morgan fingerprint density at radius 1 is 0.935 bits per heavy atom. The van der Waals surface area contributed by atoms with Crippen LogP contribution in [0.3, 0.4) is 0 Å². The van der Waals surface area contributed by atoms with Gasteiger partial charge < -0.3 is 10.1 Å². The van der Waals surface area contributed by atoms with E-state index in [2.05, 4.69) is 5.32 Å². The molecule has 156 valence electrons. The SMILES string of the molecule is COc1ccc(C)cc1NC1=C(c2ccccc2)C(=O)N(Cc2ccc(F)cc2)C1=O. The van der Waals surface area contributed by atoms with Crippen LogP contribution < -0.4 is 10.1 Å². The van der Waals surface area contributed by atoms with Gasteiger partial charge in [-0.2, -0.15) is 0 Å². The second-order valence-corrected chi connectivity index (χ2v) is 7.27. The highest BCUT2D eigenvalue weighted by Crippen LogP contribution is 2.34. The number of hydrogen-bond acceptors (Lipinski definition) is 4. The topological polar surface area (TPSA) is 58.6 Å². The summed E-state index contributed by atoms with van der Waals surface area (Å²) >= 11 is 0. The minimum atomic E-state index is -0.447. The third-order valence-electron chi connectivity index (χ3n) is 5.10. The van der Waals surface area contributed by atoms with Crippen LogP contribution in [0.25, 0.3) is 5.57 Å². The maximum Gasteiger partial charge on any atom is 0.278 e. The highest BCUT2D eigenvalue weighted by atomic mass is 19.1. The molecule has 31 heavy (non-hydrogen) atoms. The Bertz CT molecular complexity index is 1170. The Kier molecular flexibility index (Phi) is 5.54. The Balaban J connectivity index is 1.75. The molecule has 0 atom stereocenters. The first kappa shape index (κ1) is 20.3. The Morgan fingerprint density at radius 3 is 2.32 bits per heavy atom. The molecule has 0 unspecified atom stereocenters. The van der Waals surface area contributed by atoms with Crippen LogP contribution in [0.4, 0.5) is 10.1 Å². The van der Waals surface area contributed by atoms with Crippen molar-refractivity contribution in [3.8, 4) is 5.75 Å². The molecule has 0 saturated heterocycles. The summed E-state index contributed by atoms with van der Waals surface area (Å²) in [4.78, 5) is 27.8. The second-order valence-electron chi connectivity index (χ2n) is 7.27. The molecule has 4 rings (SSSR count). The van der Waals surface area contributed by atoms with Crippen molar-refractivity contribution in [3.63, 3.8) is 0 Å². The summed E-state index contributed by atoms with van der Waals surface area (Å²) in [6.07, 6.45) is 0. The summed E-state index contributed by atoms with van der Waals surface area (Å²) in [5, 5.41) is 3.14. The van der Waals surface area contributed by atoms with Crippen molar-refractivity contribution in [2.24, 2.45) is 0 Å². The molecule has 0 fully saturated rings. The minimum Gasteiger partial charge on any atom is -0.495 e. The van der Waals surface area contributed by atoms with Crippen LogP contribution in [-0.2, 0) is 16.1 Å². The number of methoxy groups -OCH3 is 1. The molecule has 1 aliphatic rings. The van der Waals surface area contributed by atoms with Crippen molar-refractivity contribution in [3.05, 3.63) is 101 Å². The number of benzene rings is 3. The molecule has 0 spiro atoms. The van der Waals surface area contributed by atoms with Crippen molar-refractivity contribution < 1.29 is 18.7 Å². The molecule has 3 aromatic carbocycles. The van der Waals surface area contributed by atoms with E-state index in [1.807, 2.05) is 37.3 Å². The van der Waals surface area contributed by atoms with Gasteiger partial charge in [-0.3, -0.25) is 14.5 Å². The summed E-state index contributed by atoms with van der Waals surface area (Å²) in [5.41, 5.74) is 3.33. The number of nitrogens with zero attached hydrogens (tertiary/aromatic N) is 1. The normalized spacial score (nSPS) is 13.7. The average Bonchev–Trinajstić information content (AvgIpc) is 3.00. The Hall–Kier alpha value is -3.93. The average molecular weight is 416 g/mol. The number of ether oxygens (including phenoxy) is 1. The number of carbonyl (C=O) groups excluding carboxylic acids is 2. The van der Waals surface area contributed by atoms with Gasteiger partial charge >= 0.3 is 0 Å². The quantitative estimate of drug-likeness (QED) is 0.600. The number of hydrogen-bond donors (Lipinski definition) is 1. The fourth-order valence-corrected chi connectivity index (χ4v) is 3.53. The van der Waals surface area contributed by atoms with Gasteiger partial charge in [0.25, 0.3) is 11.8 Å². The monoisotopic (exact) mass is 416 g/mol. The standard InChI is InChI=1S/C25H21FN2O3/c1-16-8-13-21(31-2)20(14-16)27-23-22(18-6-4-3-5-7-18)24(29)28(25(23)30)15-17-9-11-19(26)12-10-17/h3-14,27H,15H2,1-2H3. The largest absolute Gasteiger partial charge is 0.495 e. The van der Waals surface area contributed by atoms with Crippen LogP contribution in [0.2, 0.25) is 0 Å². The zero-order chi connectivity index (χ0) is 22.0. The fourth-order valence-electron chi connectivity index (χ4n) is 3.53. The molecule has 3 aromatic rings. The molecule has 0 radical (unpaired) electrons. The predicted octanol–water partition coefficient (Wildman–Crippen LogP) is 4.53. The fraction of sp³-hybridized carbons (Fsp3) is 0.120. The van der Waals surface area contributed by atoms with Gasteiger partial charge in [-0.25, -0.2) is 4.39 Å². The maximum absolute atomic E-state index is 13.3. The van der Waals surface area contributed by atoms with Gasteiger partial charge in [-0.05, 0) is 47.9 Å². The highest BCUT2D eigenvalue weighted by Gasteiger charge is 2.39. The number of nitrogens with one attached hydrogen (secondary N) is 1. The number of amides is 2.